The standard InChI is InChI=1S/C14H19FN2O/c1-9(2)17(3)5-4-10-8-16-14-12(10)6-11(18)7-13(14)15/h6-9,16,18H,4-5H2,1-3H3. The van der Waals surface area contributed by atoms with Crippen molar-refractivity contribution >= 4 is 10.9 Å². The van der Waals surface area contributed by atoms with Gasteiger partial charge in [-0.2, -0.15) is 0 Å². The smallest absolute Gasteiger partial charge is 0.150 e. The molecule has 98 valence electrons. The molecule has 3 nitrogen and oxygen atoms in total. The van der Waals surface area contributed by atoms with Crippen LogP contribution >= 0.6 is 0 Å². The first-order valence-electron chi connectivity index (χ1n) is 6.17. The number of likely N-dealkylation sites (N-methyl/N-ethyl adjacent to an activating group) is 1. The molecule has 0 bridgehead atoms. The molecule has 0 amide bonds. The van der Waals surface area contributed by atoms with Crippen molar-refractivity contribution in [3.05, 3.63) is 29.7 Å². The third-order valence-electron chi connectivity index (χ3n) is 3.43. The average molecular weight is 250 g/mol. The molecule has 0 unspecified atom stereocenters. The number of hydrogen-bond acceptors (Lipinski definition) is 2. The maximum absolute atomic E-state index is 13.6. The number of aromatic hydroxyl groups is 1. The summed E-state index contributed by atoms with van der Waals surface area (Å²) in [6.45, 7) is 5.18. The molecule has 0 fully saturated rings. The van der Waals surface area contributed by atoms with Gasteiger partial charge in [-0.15, -0.1) is 0 Å². The van der Waals surface area contributed by atoms with E-state index in [0.29, 0.717) is 11.6 Å². The van der Waals surface area contributed by atoms with Crippen LogP contribution in [0.15, 0.2) is 18.3 Å². The van der Waals surface area contributed by atoms with Gasteiger partial charge in [0.05, 0.1) is 5.52 Å². The molecule has 2 rings (SSSR count). The topological polar surface area (TPSA) is 39.3 Å². The van der Waals surface area contributed by atoms with Crippen LogP contribution in [0.25, 0.3) is 10.9 Å². The second-order valence-corrected chi connectivity index (χ2v) is 4.99. The average Bonchev–Trinajstić information content (AvgIpc) is 2.69. The zero-order valence-electron chi connectivity index (χ0n) is 11.0. The van der Waals surface area contributed by atoms with Crippen LogP contribution in [0.4, 0.5) is 4.39 Å². The van der Waals surface area contributed by atoms with E-state index in [2.05, 4.69) is 30.8 Å². The molecule has 0 aliphatic rings. The fraction of sp³-hybridized carbons (Fsp3) is 0.429. The van der Waals surface area contributed by atoms with Crippen molar-refractivity contribution in [1.29, 1.82) is 0 Å². The van der Waals surface area contributed by atoms with E-state index < -0.39 is 5.82 Å². The van der Waals surface area contributed by atoms with E-state index in [0.717, 1.165) is 30.0 Å². The molecule has 4 heteroatoms. The lowest BCUT2D eigenvalue weighted by molar-refractivity contribution is 0.278. The van der Waals surface area contributed by atoms with Crippen LogP contribution in [-0.4, -0.2) is 34.6 Å². The molecule has 0 atom stereocenters. The molecule has 0 saturated carbocycles. The molecule has 1 heterocycles. The Labute approximate surface area is 106 Å². The number of phenolic OH excluding ortho intramolecular Hbond substituents is 1. The largest absolute Gasteiger partial charge is 0.508 e. The second kappa shape index (κ2) is 4.98. The number of halogens is 1. The number of rotatable bonds is 4. The summed E-state index contributed by atoms with van der Waals surface area (Å²) in [4.78, 5) is 5.17. The monoisotopic (exact) mass is 250 g/mol. The summed E-state index contributed by atoms with van der Waals surface area (Å²) >= 11 is 0. The van der Waals surface area contributed by atoms with E-state index in [1.807, 2.05) is 6.20 Å². The Hall–Kier alpha value is -1.55. The van der Waals surface area contributed by atoms with Crippen molar-refractivity contribution in [2.45, 2.75) is 26.3 Å². The van der Waals surface area contributed by atoms with Gasteiger partial charge >= 0.3 is 0 Å². The summed E-state index contributed by atoms with van der Waals surface area (Å²) in [6, 6.07) is 3.22. The van der Waals surface area contributed by atoms with E-state index in [1.54, 1.807) is 6.07 Å². The van der Waals surface area contributed by atoms with Crippen LogP contribution < -0.4 is 0 Å². The molecule has 1 aromatic carbocycles. The predicted octanol–water partition coefficient (Wildman–Crippen LogP) is 2.90. The van der Waals surface area contributed by atoms with Gasteiger partial charge in [0, 0.05) is 30.2 Å². The summed E-state index contributed by atoms with van der Waals surface area (Å²) in [6.07, 6.45) is 2.65. The first-order valence-corrected chi connectivity index (χ1v) is 6.17. The number of H-pyrrole nitrogens is 1. The van der Waals surface area contributed by atoms with Crippen LogP contribution in [0.2, 0.25) is 0 Å². The zero-order chi connectivity index (χ0) is 13.3. The molecule has 0 aliphatic heterocycles. The van der Waals surface area contributed by atoms with Gasteiger partial charge < -0.3 is 15.0 Å². The lowest BCUT2D eigenvalue weighted by Gasteiger charge is -2.20. The van der Waals surface area contributed by atoms with Gasteiger partial charge in [-0.3, -0.25) is 0 Å². The molecule has 0 spiro atoms. The normalized spacial score (nSPS) is 11.9. The second-order valence-electron chi connectivity index (χ2n) is 4.99. The van der Waals surface area contributed by atoms with Gasteiger partial charge in [-0.1, -0.05) is 0 Å². The Kier molecular flexibility index (Phi) is 3.57. The maximum Gasteiger partial charge on any atom is 0.150 e. The predicted molar refractivity (Wildman–Crippen MR) is 71.4 cm³/mol. The highest BCUT2D eigenvalue weighted by molar-refractivity contribution is 5.85. The Balaban J connectivity index is 2.24. The third kappa shape index (κ3) is 2.48. The Morgan fingerprint density at radius 2 is 2.11 bits per heavy atom. The van der Waals surface area contributed by atoms with Gasteiger partial charge in [0.15, 0.2) is 5.82 Å². The number of hydrogen-bond donors (Lipinski definition) is 2. The zero-order valence-corrected chi connectivity index (χ0v) is 11.0. The Morgan fingerprint density at radius 3 is 2.78 bits per heavy atom. The molecular weight excluding hydrogens is 231 g/mol. The van der Waals surface area contributed by atoms with Crippen molar-refractivity contribution in [2.75, 3.05) is 13.6 Å². The molecule has 0 saturated heterocycles. The van der Waals surface area contributed by atoms with Gasteiger partial charge in [-0.05, 0) is 38.9 Å². The molecule has 2 aromatic rings. The minimum atomic E-state index is -0.409. The van der Waals surface area contributed by atoms with Crippen LogP contribution in [0.5, 0.6) is 5.75 Å². The summed E-state index contributed by atoms with van der Waals surface area (Å²) < 4.78 is 13.6. The maximum atomic E-state index is 13.6. The number of benzene rings is 1. The highest BCUT2D eigenvalue weighted by atomic mass is 19.1. The SMILES string of the molecule is CC(C)N(C)CCc1c[nH]c2c(F)cc(O)cc12. The number of aromatic amines is 1. The van der Waals surface area contributed by atoms with Crippen LogP contribution in [0.1, 0.15) is 19.4 Å². The van der Waals surface area contributed by atoms with Crippen molar-refractivity contribution < 1.29 is 9.50 Å². The van der Waals surface area contributed by atoms with E-state index >= 15 is 0 Å². The number of nitrogens with zero attached hydrogens (tertiary/aromatic N) is 1. The van der Waals surface area contributed by atoms with Crippen molar-refractivity contribution in [3.8, 4) is 5.75 Å². The van der Waals surface area contributed by atoms with Gasteiger partial charge in [0.25, 0.3) is 0 Å². The van der Waals surface area contributed by atoms with Crippen molar-refractivity contribution in [1.82, 2.24) is 9.88 Å². The Bertz CT molecular complexity index is 548. The molecule has 1 aromatic heterocycles. The first-order chi connectivity index (χ1) is 8.49. The van der Waals surface area contributed by atoms with Crippen molar-refractivity contribution in [3.63, 3.8) is 0 Å². The van der Waals surface area contributed by atoms with Crippen LogP contribution in [0, 0.1) is 5.82 Å². The molecule has 18 heavy (non-hydrogen) atoms. The number of aromatic nitrogens is 1. The quantitative estimate of drug-likeness (QED) is 0.875. The van der Waals surface area contributed by atoms with E-state index in [1.165, 1.54) is 0 Å². The summed E-state index contributed by atoms with van der Waals surface area (Å²) in [5.74, 6) is -0.438. The number of phenols is 1. The highest BCUT2D eigenvalue weighted by Crippen LogP contribution is 2.26. The van der Waals surface area contributed by atoms with Gasteiger partial charge in [0.1, 0.15) is 5.75 Å². The van der Waals surface area contributed by atoms with Gasteiger partial charge in [0.2, 0.25) is 0 Å². The number of nitrogens with one attached hydrogen (secondary N) is 1. The fourth-order valence-corrected chi connectivity index (χ4v) is 1.99. The lowest BCUT2D eigenvalue weighted by atomic mass is 10.1. The molecule has 0 radical (unpaired) electrons. The Morgan fingerprint density at radius 1 is 1.39 bits per heavy atom. The minimum absolute atomic E-state index is 0.0296. The van der Waals surface area contributed by atoms with E-state index in [9.17, 15) is 9.50 Å². The minimum Gasteiger partial charge on any atom is -0.508 e. The lowest BCUT2D eigenvalue weighted by Crippen LogP contribution is -2.28. The van der Waals surface area contributed by atoms with Crippen LogP contribution in [0.3, 0.4) is 0 Å². The summed E-state index contributed by atoms with van der Waals surface area (Å²) in [5, 5.41) is 10.2. The first kappa shape index (κ1) is 12.9. The number of fused-ring (bicyclic) bond motifs is 1. The third-order valence-corrected chi connectivity index (χ3v) is 3.43. The highest BCUT2D eigenvalue weighted by Gasteiger charge is 2.11. The molecule has 2 N–H and O–H groups in total. The summed E-state index contributed by atoms with van der Waals surface area (Å²) in [5.41, 5.74) is 1.50. The molecule has 0 aliphatic carbocycles. The van der Waals surface area contributed by atoms with Crippen molar-refractivity contribution in [2.24, 2.45) is 0 Å². The van der Waals surface area contributed by atoms with E-state index in [-0.39, 0.29) is 5.75 Å². The van der Waals surface area contributed by atoms with Crippen LogP contribution in [-0.2, 0) is 6.42 Å². The fourth-order valence-electron chi connectivity index (χ4n) is 1.99. The van der Waals surface area contributed by atoms with E-state index in [4.69, 9.17) is 0 Å². The summed E-state index contributed by atoms with van der Waals surface area (Å²) in [7, 11) is 2.07. The molecular formula is C14H19FN2O. The van der Waals surface area contributed by atoms with Gasteiger partial charge in [-0.25, -0.2) is 4.39 Å².